The first-order chi connectivity index (χ1) is 10.8. The highest BCUT2D eigenvalue weighted by Gasteiger charge is 2.35. The van der Waals surface area contributed by atoms with Gasteiger partial charge in [0, 0.05) is 29.3 Å². The summed E-state index contributed by atoms with van der Waals surface area (Å²) < 4.78 is 41.3. The molecule has 0 bridgehead atoms. The Hall–Kier alpha value is -1.87. The number of aromatic nitrogens is 2. The second-order valence-electron chi connectivity index (χ2n) is 4.75. The molecule has 2 aromatic rings. The van der Waals surface area contributed by atoms with Crippen LogP contribution >= 0.6 is 23.1 Å². The summed E-state index contributed by atoms with van der Waals surface area (Å²) in [7, 11) is 0. The Balaban J connectivity index is 1.98. The number of nitrogens with one attached hydrogen (secondary N) is 2. The largest absolute Gasteiger partial charge is 0.393 e. The number of hydrogen-bond acceptors (Lipinski definition) is 4. The first-order valence-corrected chi connectivity index (χ1v) is 7.62. The van der Waals surface area contributed by atoms with Crippen LogP contribution in [0.3, 0.4) is 0 Å². The van der Waals surface area contributed by atoms with Gasteiger partial charge in [0.25, 0.3) is 0 Å². The van der Waals surface area contributed by atoms with Crippen molar-refractivity contribution >= 4 is 34.9 Å². The van der Waals surface area contributed by atoms with Gasteiger partial charge in [-0.15, -0.1) is 5.10 Å². The van der Waals surface area contributed by atoms with Crippen molar-refractivity contribution in [2.45, 2.75) is 13.1 Å². The summed E-state index contributed by atoms with van der Waals surface area (Å²) in [6.07, 6.45) is -4.35. The molecule has 23 heavy (non-hydrogen) atoms. The summed E-state index contributed by atoms with van der Waals surface area (Å²) in [5.41, 5.74) is 1.53. The van der Waals surface area contributed by atoms with Crippen molar-refractivity contribution in [1.82, 2.24) is 14.9 Å². The monoisotopic (exact) mass is 364 g/mol. The summed E-state index contributed by atoms with van der Waals surface area (Å²) in [6.45, 7) is 0.495. The summed E-state index contributed by atoms with van der Waals surface area (Å²) in [4.78, 5) is 11.7. The average Bonchev–Trinajstić information content (AvgIpc) is 2.90. The van der Waals surface area contributed by atoms with Crippen molar-refractivity contribution in [3.63, 3.8) is 0 Å². The Labute approximate surface area is 139 Å². The molecule has 0 saturated carbocycles. The molecule has 1 heterocycles. The highest BCUT2D eigenvalue weighted by Crippen LogP contribution is 2.29. The fourth-order valence-corrected chi connectivity index (χ4v) is 2.31. The molecule has 10 heteroatoms. The number of urea groups is 1. The van der Waals surface area contributed by atoms with Crippen LogP contribution in [0, 0.1) is 5.92 Å². The van der Waals surface area contributed by atoms with Gasteiger partial charge in [0.2, 0.25) is 0 Å². The third-order valence-corrected chi connectivity index (χ3v) is 3.87. The predicted octanol–water partition coefficient (Wildman–Crippen LogP) is 4.18. The normalized spacial score (nSPS) is 12.7. The number of nitrogens with zero attached hydrogens (tertiary/aromatic N) is 2. The molecule has 2 rings (SSSR count). The van der Waals surface area contributed by atoms with Gasteiger partial charge in [0.05, 0.1) is 5.92 Å². The van der Waals surface area contributed by atoms with Gasteiger partial charge >= 0.3 is 12.2 Å². The molecular formula is C13H12ClF3N4OS. The molecule has 1 aromatic carbocycles. The fourth-order valence-electron chi connectivity index (χ4n) is 1.63. The van der Waals surface area contributed by atoms with Crippen molar-refractivity contribution in [3.05, 3.63) is 28.6 Å². The number of alkyl halides is 3. The van der Waals surface area contributed by atoms with Crippen LogP contribution in [0.5, 0.6) is 0 Å². The first-order valence-electron chi connectivity index (χ1n) is 6.47. The van der Waals surface area contributed by atoms with Gasteiger partial charge in [-0.25, -0.2) is 4.79 Å². The highest BCUT2D eigenvalue weighted by atomic mass is 35.5. The summed E-state index contributed by atoms with van der Waals surface area (Å²) in [5, 5.41) is 8.52. The highest BCUT2D eigenvalue weighted by molar-refractivity contribution is 7.10. The van der Waals surface area contributed by atoms with Crippen molar-refractivity contribution in [1.29, 1.82) is 0 Å². The van der Waals surface area contributed by atoms with Crippen molar-refractivity contribution in [3.8, 4) is 11.3 Å². The standard InChI is InChI=1S/C13H12ClF3N4OS/c1-7(13(15,16)17)6-18-12(22)19-9-4-2-3-8(5-9)10-11(14)23-21-20-10/h2-5,7H,6H2,1H3,(H2,18,19,22). The molecule has 124 valence electrons. The molecule has 0 saturated heterocycles. The molecule has 0 aliphatic carbocycles. The number of hydrogen-bond donors (Lipinski definition) is 2. The van der Waals surface area contributed by atoms with Gasteiger partial charge in [-0.3, -0.25) is 0 Å². The lowest BCUT2D eigenvalue weighted by Gasteiger charge is -2.16. The van der Waals surface area contributed by atoms with Crippen LogP contribution in [0.15, 0.2) is 24.3 Å². The Bertz CT molecular complexity index is 692. The van der Waals surface area contributed by atoms with E-state index in [4.69, 9.17) is 11.6 Å². The smallest absolute Gasteiger partial charge is 0.337 e. The minimum absolute atomic E-state index is 0.406. The summed E-state index contributed by atoms with van der Waals surface area (Å²) >= 11 is 6.98. The topological polar surface area (TPSA) is 66.9 Å². The van der Waals surface area contributed by atoms with Gasteiger partial charge in [-0.05, 0) is 12.1 Å². The third-order valence-electron chi connectivity index (χ3n) is 2.97. The lowest BCUT2D eigenvalue weighted by molar-refractivity contribution is -0.167. The van der Waals surface area contributed by atoms with E-state index in [0.717, 1.165) is 18.5 Å². The zero-order valence-electron chi connectivity index (χ0n) is 11.8. The van der Waals surface area contributed by atoms with Crippen LogP contribution in [0.2, 0.25) is 4.34 Å². The summed E-state index contributed by atoms with van der Waals surface area (Å²) in [5.74, 6) is -1.63. The van der Waals surface area contributed by atoms with Gasteiger partial charge in [0.1, 0.15) is 10.0 Å². The fraction of sp³-hybridized carbons (Fsp3) is 0.308. The minimum atomic E-state index is -4.35. The maximum atomic E-state index is 12.4. The van der Waals surface area contributed by atoms with Gasteiger partial charge in [-0.2, -0.15) is 13.2 Å². The molecule has 2 amide bonds. The van der Waals surface area contributed by atoms with E-state index in [1.54, 1.807) is 24.3 Å². The van der Waals surface area contributed by atoms with Crippen LogP contribution in [0.1, 0.15) is 6.92 Å². The van der Waals surface area contributed by atoms with E-state index in [1.165, 1.54) is 0 Å². The van der Waals surface area contributed by atoms with E-state index in [9.17, 15) is 18.0 Å². The second-order valence-corrected chi connectivity index (χ2v) is 6.11. The predicted molar refractivity (Wildman–Crippen MR) is 82.6 cm³/mol. The number of amides is 2. The maximum Gasteiger partial charge on any atom is 0.393 e. The number of rotatable bonds is 4. The van der Waals surface area contributed by atoms with Crippen LogP contribution in [0.4, 0.5) is 23.7 Å². The van der Waals surface area contributed by atoms with E-state index in [2.05, 4.69) is 20.2 Å². The second kappa shape index (κ2) is 7.14. The number of halogens is 4. The minimum Gasteiger partial charge on any atom is -0.337 e. The van der Waals surface area contributed by atoms with Gasteiger partial charge in [0.15, 0.2) is 0 Å². The lowest BCUT2D eigenvalue weighted by atomic mass is 10.1. The molecule has 1 aromatic heterocycles. The van der Waals surface area contributed by atoms with Crippen LogP contribution < -0.4 is 10.6 Å². The molecule has 2 N–H and O–H groups in total. The Morgan fingerprint density at radius 1 is 1.43 bits per heavy atom. The van der Waals surface area contributed by atoms with Crippen molar-refractivity contribution in [2.75, 3.05) is 11.9 Å². The van der Waals surface area contributed by atoms with E-state index in [0.29, 0.717) is 21.3 Å². The number of benzene rings is 1. The lowest BCUT2D eigenvalue weighted by Crippen LogP contribution is -2.37. The summed E-state index contributed by atoms with van der Waals surface area (Å²) in [6, 6.07) is 5.89. The Morgan fingerprint density at radius 2 is 2.17 bits per heavy atom. The average molecular weight is 365 g/mol. The first kappa shape index (κ1) is 17.5. The van der Waals surface area contributed by atoms with E-state index >= 15 is 0 Å². The molecular weight excluding hydrogens is 353 g/mol. The van der Waals surface area contributed by atoms with E-state index < -0.39 is 24.7 Å². The van der Waals surface area contributed by atoms with Crippen molar-refractivity contribution in [2.24, 2.45) is 5.92 Å². The molecule has 5 nitrogen and oxygen atoms in total. The van der Waals surface area contributed by atoms with Gasteiger partial charge < -0.3 is 10.6 Å². The molecule has 0 radical (unpaired) electrons. The van der Waals surface area contributed by atoms with Crippen molar-refractivity contribution < 1.29 is 18.0 Å². The number of anilines is 1. The van der Waals surface area contributed by atoms with Crippen LogP contribution in [-0.4, -0.2) is 28.3 Å². The molecule has 0 spiro atoms. The van der Waals surface area contributed by atoms with Gasteiger partial charge in [-0.1, -0.05) is 35.1 Å². The molecule has 0 fully saturated rings. The maximum absolute atomic E-state index is 12.4. The zero-order chi connectivity index (χ0) is 17.0. The molecule has 1 unspecified atom stereocenters. The van der Waals surface area contributed by atoms with Crippen LogP contribution in [0.25, 0.3) is 11.3 Å². The quantitative estimate of drug-likeness (QED) is 0.855. The zero-order valence-corrected chi connectivity index (χ0v) is 13.4. The SMILES string of the molecule is CC(CNC(=O)Nc1cccc(-c2nnsc2Cl)c1)C(F)(F)F. The van der Waals surface area contributed by atoms with E-state index in [-0.39, 0.29) is 0 Å². The Morgan fingerprint density at radius 3 is 2.78 bits per heavy atom. The third kappa shape index (κ3) is 4.80. The molecule has 0 aliphatic heterocycles. The molecule has 0 aliphatic rings. The van der Waals surface area contributed by atoms with E-state index in [1.807, 2.05) is 0 Å². The Kier molecular flexibility index (Phi) is 5.42. The number of carbonyl (C=O) groups excluding carboxylic acids is 1. The number of carbonyl (C=O) groups is 1. The van der Waals surface area contributed by atoms with Crippen LogP contribution in [-0.2, 0) is 0 Å². The molecule has 1 atom stereocenters.